The van der Waals surface area contributed by atoms with Gasteiger partial charge in [-0.25, -0.2) is 26.7 Å². The molecule has 0 saturated carbocycles. The molecule has 0 aliphatic carbocycles. The molecule has 190 valence electrons. The van der Waals surface area contributed by atoms with Crippen molar-refractivity contribution in [3.05, 3.63) is 12.2 Å². The van der Waals surface area contributed by atoms with Gasteiger partial charge in [-0.15, -0.1) is 0 Å². The number of hydrogen-bond donors (Lipinski definition) is 0. The lowest BCUT2D eigenvalue weighted by molar-refractivity contribution is -0.422. The molecule has 0 aliphatic heterocycles. The minimum atomic E-state index is -8.17. The van der Waals surface area contributed by atoms with E-state index in [1.54, 1.807) is 0 Å². The molecule has 2 nitrogen and oxygen atoms in total. The first-order chi connectivity index (χ1) is 13.9. The summed E-state index contributed by atoms with van der Waals surface area (Å²) >= 11 is 0. The Hall–Kier alpha value is -1.91. The molecule has 0 aromatic heterocycles. The van der Waals surface area contributed by atoms with Crippen molar-refractivity contribution in [2.45, 2.75) is 67.8 Å². The van der Waals surface area contributed by atoms with Crippen LogP contribution in [-0.2, 0) is 9.53 Å². The van der Waals surface area contributed by atoms with Gasteiger partial charge in [0, 0.05) is 5.57 Å². The summed E-state index contributed by atoms with van der Waals surface area (Å²) in [5.74, 6) is -41.2. The zero-order valence-corrected chi connectivity index (χ0v) is 15.0. The molecule has 0 heterocycles. The van der Waals surface area contributed by atoms with Crippen LogP contribution in [0.25, 0.3) is 0 Å². The summed E-state index contributed by atoms with van der Waals surface area (Å²) in [7, 11) is 0. The van der Waals surface area contributed by atoms with Crippen LogP contribution in [-0.4, -0.2) is 66.9 Å². The summed E-state index contributed by atoms with van der Waals surface area (Å²) in [6.45, 7) is 3.22. The van der Waals surface area contributed by atoms with Gasteiger partial charge < -0.3 is 4.74 Å². The SMILES string of the molecule is C=C(C)C(=O)OC(F)C(F)(F)C(F)(F)C(F)(F)C(F)(F)C(F)(F)C(F)C(F)C(F)C(F)F. The van der Waals surface area contributed by atoms with E-state index in [4.69, 9.17) is 0 Å². The fourth-order valence-electron chi connectivity index (χ4n) is 1.70. The second-order valence-electron chi connectivity index (χ2n) is 6.10. The molecule has 0 bridgehead atoms. The lowest BCUT2D eigenvalue weighted by Gasteiger charge is -2.40. The highest BCUT2D eigenvalue weighted by atomic mass is 19.4. The lowest BCUT2D eigenvalue weighted by Crippen LogP contribution is -2.71. The molecule has 0 fully saturated rings. The molecule has 0 amide bonds. The van der Waals surface area contributed by atoms with Crippen LogP contribution in [0.5, 0.6) is 0 Å². The third kappa shape index (κ3) is 4.72. The van der Waals surface area contributed by atoms with Crippen molar-refractivity contribution >= 4 is 5.97 Å². The summed E-state index contributed by atoms with van der Waals surface area (Å²) in [5.41, 5.74) is -1.01. The number of hydrogen-bond acceptors (Lipinski definition) is 2. The third-order valence-electron chi connectivity index (χ3n) is 3.64. The van der Waals surface area contributed by atoms with Gasteiger partial charge in [0.05, 0.1) is 0 Å². The second-order valence-corrected chi connectivity index (χ2v) is 6.10. The average Bonchev–Trinajstić information content (AvgIpc) is 2.64. The van der Waals surface area contributed by atoms with Crippen LogP contribution < -0.4 is 0 Å². The first kappa shape index (κ1) is 30.1. The highest BCUT2D eigenvalue weighted by Crippen LogP contribution is 2.59. The van der Waals surface area contributed by atoms with Gasteiger partial charge in [0.15, 0.2) is 12.3 Å². The molecule has 0 aliphatic rings. The minimum absolute atomic E-state index is 0.584. The largest absolute Gasteiger partial charge is 0.421 e. The molecule has 32 heavy (non-hydrogen) atoms. The van der Waals surface area contributed by atoms with E-state index in [9.17, 15) is 75.0 Å². The van der Waals surface area contributed by atoms with Crippen molar-refractivity contribution in [3.8, 4) is 0 Å². The van der Waals surface area contributed by atoms with Gasteiger partial charge >= 0.3 is 41.9 Å². The maximum atomic E-state index is 13.5. The Kier molecular flexibility index (Phi) is 8.60. The molecule has 0 N–H and O–H groups in total. The molecule has 4 unspecified atom stereocenters. The van der Waals surface area contributed by atoms with E-state index in [1.807, 2.05) is 0 Å². The Balaban J connectivity index is 6.30. The number of ether oxygens (including phenoxy) is 1. The third-order valence-corrected chi connectivity index (χ3v) is 3.64. The minimum Gasteiger partial charge on any atom is -0.421 e. The summed E-state index contributed by atoms with van der Waals surface area (Å²) < 4.78 is 213. The zero-order valence-electron chi connectivity index (χ0n) is 15.0. The molecular formula is C14H10F16O2. The van der Waals surface area contributed by atoms with Crippen molar-refractivity contribution in [3.63, 3.8) is 0 Å². The summed E-state index contributed by atoms with van der Waals surface area (Å²) in [6.07, 6.45) is -25.3. The maximum absolute atomic E-state index is 13.5. The maximum Gasteiger partial charge on any atom is 0.385 e. The Bertz CT molecular complexity index is 690. The van der Waals surface area contributed by atoms with Crippen LogP contribution in [0.1, 0.15) is 6.92 Å². The standard InChI is InChI=1S/C14H10F16O2/c1-3(2)8(31)32-9(20)11(23,24)13(27,28)14(29,30)12(25,26)10(21,22)6(17)4(15)5(16)7(18)19/h4-7,9H,1H2,2H3. The number of alkyl halides is 16. The second kappa shape index (κ2) is 9.15. The predicted molar refractivity (Wildman–Crippen MR) is 71.2 cm³/mol. The number of esters is 1. The average molecular weight is 514 g/mol. The van der Waals surface area contributed by atoms with Crippen molar-refractivity contribution in [2.75, 3.05) is 0 Å². The van der Waals surface area contributed by atoms with Crippen LogP contribution in [0.3, 0.4) is 0 Å². The van der Waals surface area contributed by atoms with Crippen LogP contribution in [0.4, 0.5) is 70.2 Å². The van der Waals surface area contributed by atoms with E-state index < -0.39 is 72.5 Å². The van der Waals surface area contributed by atoms with E-state index >= 15 is 0 Å². The summed E-state index contributed by atoms with van der Waals surface area (Å²) in [6, 6.07) is 0. The number of rotatable bonds is 11. The van der Waals surface area contributed by atoms with Crippen molar-refractivity contribution < 1.29 is 79.8 Å². The molecule has 18 heteroatoms. The predicted octanol–water partition coefficient (Wildman–Crippen LogP) is 5.86. The summed E-state index contributed by atoms with van der Waals surface area (Å²) in [4.78, 5) is 10.8. The van der Waals surface area contributed by atoms with E-state index in [1.165, 1.54) is 0 Å². The monoisotopic (exact) mass is 514 g/mol. The molecule has 0 rings (SSSR count). The fourth-order valence-corrected chi connectivity index (χ4v) is 1.70. The molecule has 0 saturated heterocycles. The Morgan fingerprint density at radius 1 is 0.688 bits per heavy atom. The molecule has 0 radical (unpaired) electrons. The molecule has 0 spiro atoms. The van der Waals surface area contributed by atoms with Gasteiger partial charge in [-0.3, -0.25) is 0 Å². The van der Waals surface area contributed by atoms with Gasteiger partial charge in [0.2, 0.25) is 6.17 Å². The number of carbonyl (C=O) groups excluding carboxylic acids is 1. The van der Waals surface area contributed by atoms with Gasteiger partial charge in [-0.1, -0.05) is 6.58 Å². The van der Waals surface area contributed by atoms with Gasteiger partial charge in [-0.2, -0.15) is 48.3 Å². The molecule has 0 aromatic carbocycles. The first-order valence-electron chi connectivity index (χ1n) is 7.52. The zero-order chi connectivity index (χ0) is 26.2. The normalized spacial score (nSPS) is 18.2. The smallest absolute Gasteiger partial charge is 0.385 e. The number of halogens is 16. The van der Waals surface area contributed by atoms with Crippen molar-refractivity contribution in [1.29, 1.82) is 0 Å². The van der Waals surface area contributed by atoms with E-state index in [0.29, 0.717) is 6.92 Å². The van der Waals surface area contributed by atoms with Crippen LogP contribution >= 0.6 is 0 Å². The topological polar surface area (TPSA) is 26.3 Å². The molecular weight excluding hydrogens is 504 g/mol. The Morgan fingerprint density at radius 2 is 1.06 bits per heavy atom. The molecule has 4 atom stereocenters. The van der Waals surface area contributed by atoms with E-state index in [2.05, 4.69) is 11.3 Å². The van der Waals surface area contributed by atoms with Gasteiger partial charge in [0.1, 0.15) is 0 Å². The lowest BCUT2D eigenvalue weighted by atomic mass is 9.90. The quantitative estimate of drug-likeness (QED) is 0.196. The van der Waals surface area contributed by atoms with Crippen molar-refractivity contribution in [1.82, 2.24) is 0 Å². The Labute approximate surface area is 167 Å². The van der Waals surface area contributed by atoms with Crippen LogP contribution in [0, 0.1) is 0 Å². The highest BCUT2D eigenvalue weighted by molar-refractivity contribution is 5.87. The molecule has 0 aromatic rings. The van der Waals surface area contributed by atoms with E-state index in [-0.39, 0.29) is 0 Å². The fraction of sp³-hybridized carbons (Fsp3) is 0.786. The van der Waals surface area contributed by atoms with Crippen molar-refractivity contribution in [2.24, 2.45) is 0 Å². The van der Waals surface area contributed by atoms with Crippen LogP contribution in [0.2, 0.25) is 0 Å². The highest BCUT2D eigenvalue weighted by Gasteiger charge is 2.89. The van der Waals surface area contributed by atoms with Gasteiger partial charge in [-0.05, 0) is 6.92 Å². The van der Waals surface area contributed by atoms with Crippen LogP contribution in [0.15, 0.2) is 12.2 Å². The first-order valence-corrected chi connectivity index (χ1v) is 7.52. The van der Waals surface area contributed by atoms with E-state index in [0.717, 1.165) is 0 Å². The summed E-state index contributed by atoms with van der Waals surface area (Å²) in [5, 5.41) is 0. The Morgan fingerprint density at radius 3 is 1.41 bits per heavy atom. The number of carbonyl (C=O) groups is 1. The van der Waals surface area contributed by atoms with Gasteiger partial charge in [0.25, 0.3) is 6.43 Å².